The van der Waals surface area contributed by atoms with Crippen LogP contribution in [0.1, 0.15) is 86.5 Å². The lowest BCUT2D eigenvalue weighted by molar-refractivity contribution is -0.222. The Morgan fingerprint density at radius 1 is 0.735 bits per heavy atom. The van der Waals surface area contributed by atoms with Crippen LogP contribution in [0.3, 0.4) is 0 Å². The second-order valence-electron chi connectivity index (χ2n) is 11.8. The summed E-state index contributed by atoms with van der Waals surface area (Å²) in [7, 11) is 0. The van der Waals surface area contributed by atoms with Crippen LogP contribution in [0, 0.1) is 40.4 Å². The molecule has 10 atom stereocenters. The van der Waals surface area contributed by atoms with E-state index in [1.807, 2.05) is 0 Å². The predicted octanol–water partition coefficient (Wildman–Crippen LogP) is 4.25. The Morgan fingerprint density at radius 2 is 1.38 bits per heavy atom. The number of esters is 3. The number of fused-ring (bicyclic) bond motifs is 5. The molecular formula is C27H40O7. The van der Waals surface area contributed by atoms with Crippen molar-refractivity contribution in [1.29, 1.82) is 0 Å². The largest absolute Gasteiger partial charge is 0.463 e. The molecule has 0 N–H and O–H groups in total. The third-order valence-corrected chi connectivity index (χ3v) is 10.1. The van der Waals surface area contributed by atoms with Crippen molar-refractivity contribution in [2.45, 2.75) is 105 Å². The first-order valence-electron chi connectivity index (χ1n) is 12.9. The van der Waals surface area contributed by atoms with Gasteiger partial charge in [0.1, 0.15) is 24.1 Å². The smallest absolute Gasteiger partial charge is 0.302 e. The third kappa shape index (κ3) is 4.07. The highest BCUT2D eigenvalue weighted by molar-refractivity contribution is 5.80. The summed E-state index contributed by atoms with van der Waals surface area (Å²) >= 11 is 0. The van der Waals surface area contributed by atoms with Crippen molar-refractivity contribution in [3.8, 4) is 0 Å². The molecule has 0 aromatic heterocycles. The summed E-state index contributed by atoms with van der Waals surface area (Å²) in [6.07, 6.45) is 4.84. The SMILES string of the molecule is CC(=O)O[C@@H]1CC[C@@]2(C)C(C1)C[C@@H](OC(C)=O)C1[C@@H]3CC[C@H](C(C)=O)[C@@]3(C)[C@@H](OC(C)=O)C[C@@H]12. The van der Waals surface area contributed by atoms with E-state index in [-0.39, 0.29) is 77.0 Å². The monoisotopic (exact) mass is 476 g/mol. The number of ketones is 1. The molecule has 0 aromatic rings. The molecule has 4 rings (SSSR count). The Morgan fingerprint density at radius 3 is 1.97 bits per heavy atom. The van der Waals surface area contributed by atoms with Gasteiger partial charge in [-0.15, -0.1) is 0 Å². The third-order valence-electron chi connectivity index (χ3n) is 10.1. The maximum atomic E-state index is 12.7. The molecule has 0 amide bonds. The van der Waals surface area contributed by atoms with Crippen LogP contribution in [0.5, 0.6) is 0 Å². The van der Waals surface area contributed by atoms with Crippen molar-refractivity contribution in [3.63, 3.8) is 0 Å². The minimum atomic E-state index is -0.463. The van der Waals surface area contributed by atoms with Crippen molar-refractivity contribution >= 4 is 23.7 Å². The van der Waals surface area contributed by atoms with E-state index >= 15 is 0 Å². The van der Waals surface area contributed by atoms with Gasteiger partial charge in [0.15, 0.2) is 0 Å². The Hall–Kier alpha value is -1.92. The molecule has 4 fully saturated rings. The molecule has 4 saturated carbocycles. The van der Waals surface area contributed by atoms with Gasteiger partial charge in [0.2, 0.25) is 0 Å². The van der Waals surface area contributed by atoms with E-state index in [0.29, 0.717) is 6.42 Å². The lowest BCUT2D eigenvalue weighted by Crippen LogP contribution is -2.63. The lowest BCUT2D eigenvalue weighted by atomic mass is 9.43. The van der Waals surface area contributed by atoms with E-state index < -0.39 is 5.41 Å². The van der Waals surface area contributed by atoms with Crippen LogP contribution in [0.4, 0.5) is 0 Å². The minimum absolute atomic E-state index is 0.0357. The van der Waals surface area contributed by atoms with E-state index in [1.165, 1.54) is 20.8 Å². The second-order valence-corrected chi connectivity index (χ2v) is 11.8. The summed E-state index contributed by atoms with van der Waals surface area (Å²) in [5, 5.41) is 0. The Balaban J connectivity index is 1.74. The molecule has 0 saturated heterocycles. The first kappa shape index (κ1) is 25.2. The molecule has 4 aliphatic rings. The van der Waals surface area contributed by atoms with Crippen LogP contribution in [0.15, 0.2) is 0 Å². The van der Waals surface area contributed by atoms with Crippen molar-refractivity contribution in [3.05, 3.63) is 0 Å². The average molecular weight is 477 g/mol. The van der Waals surface area contributed by atoms with Gasteiger partial charge in [-0.3, -0.25) is 19.2 Å². The van der Waals surface area contributed by atoms with E-state index in [1.54, 1.807) is 6.92 Å². The normalized spacial score (nSPS) is 45.2. The van der Waals surface area contributed by atoms with Gasteiger partial charge >= 0.3 is 17.9 Å². The molecular weight excluding hydrogens is 436 g/mol. The first-order chi connectivity index (χ1) is 15.9. The molecule has 7 heteroatoms. The summed E-state index contributed by atoms with van der Waals surface area (Å²) in [6.45, 7) is 10.4. The summed E-state index contributed by atoms with van der Waals surface area (Å²) in [4.78, 5) is 48.7. The van der Waals surface area contributed by atoms with Gasteiger partial charge in [0, 0.05) is 38.0 Å². The number of Topliss-reactive ketones (excluding diaryl/α,β-unsaturated/α-hetero) is 1. The van der Waals surface area contributed by atoms with Crippen LogP contribution in [0.2, 0.25) is 0 Å². The molecule has 0 aromatic carbocycles. The molecule has 0 spiro atoms. The summed E-state index contributed by atoms with van der Waals surface area (Å²) < 4.78 is 17.6. The number of rotatable bonds is 4. The molecule has 0 radical (unpaired) electrons. The van der Waals surface area contributed by atoms with Gasteiger partial charge in [-0.25, -0.2) is 0 Å². The topological polar surface area (TPSA) is 96.0 Å². The van der Waals surface area contributed by atoms with Crippen LogP contribution < -0.4 is 0 Å². The molecule has 0 heterocycles. The number of ether oxygens (including phenoxy) is 3. The summed E-state index contributed by atoms with van der Waals surface area (Å²) in [6, 6.07) is 0. The Bertz CT molecular complexity index is 867. The highest BCUT2D eigenvalue weighted by atomic mass is 16.6. The number of carbonyl (C=O) groups excluding carboxylic acids is 4. The van der Waals surface area contributed by atoms with Crippen LogP contribution in [-0.4, -0.2) is 42.0 Å². The van der Waals surface area contributed by atoms with Gasteiger partial charge in [0.05, 0.1) is 0 Å². The fourth-order valence-electron chi connectivity index (χ4n) is 8.82. The number of carbonyl (C=O) groups is 4. The molecule has 4 aliphatic carbocycles. The van der Waals surface area contributed by atoms with E-state index in [0.717, 1.165) is 38.5 Å². The maximum Gasteiger partial charge on any atom is 0.302 e. The van der Waals surface area contributed by atoms with Gasteiger partial charge in [-0.2, -0.15) is 0 Å². The number of hydrogen-bond donors (Lipinski definition) is 0. The lowest BCUT2D eigenvalue weighted by Gasteiger charge is -2.63. The maximum absolute atomic E-state index is 12.7. The Kier molecular flexibility index (Phi) is 6.62. The van der Waals surface area contributed by atoms with Gasteiger partial charge in [0.25, 0.3) is 0 Å². The van der Waals surface area contributed by atoms with Gasteiger partial charge in [-0.1, -0.05) is 13.8 Å². The zero-order chi connectivity index (χ0) is 25.0. The quantitative estimate of drug-likeness (QED) is 0.442. The van der Waals surface area contributed by atoms with Crippen molar-refractivity contribution in [2.24, 2.45) is 40.4 Å². The highest BCUT2D eigenvalue weighted by Gasteiger charge is 2.67. The molecule has 34 heavy (non-hydrogen) atoms. The zero-order valence-corrected chi connectivity index (χ0v) is 21.4. The molecule has 2 unspecified atom stereocenters. The summed E-state index contributed by atoms with van der Waals surface area (Å²) in [5.74, 6) is -0.185. The standard InChI is InChI=1S/C27H40O7/c1-14(28)20-7-8-21-25-22(13-24(27(20,21)6)34-17(4)31)26(5)10-9-19(32-15(2)29)11-18(26)12-23(25)33-16(3)30/h18-25H,7-13H2,1-6H3/t18?,19-,20-,21+,22+,23-,24+,25?,26+,27-/m1/s1. The summed E-state index contributed by atoms with van der Waals surface area (Å²) in [5.41, 5.74) is -0.499. The van der Waals surface area contributed by atoms with Crippen LogP contribution >= 0.6 is 0 Å². The minimum Gasteiger partial charge on any atom is -0.463 e. The molecule has 0 bridgehead atoms. The van der Waals surface area contributed by atoms with E-state index in [4.69, 9.17) is 14.2 Å². The molecule has 0 aliphatic heterocycles. The number of hydrogen-bond acceptors (Lipinski definition) is 7. The van der Waals surface area contributed by atoms with Crippen LogP contribution in [-0.2, 0) is 33.4 Å². The van der Waals surface area contributed by atoms with Crippen molar-refractivity contribution in [1.82, 2.24) is 0 Å². The predicted molar refractivity (Wildman–Crippen MR) is 123 cm³/mol. The molecule has 190 valence electrons. The van der Waals surface area contributed by atoms with Crippen molar-refractivity contribution in [2.75, 3.05) is 0 Å². The second kappa shape index (κ2) is 8.94. The fourth-order valence-corrected chi connectivity index (χ4v) is 8.82. The highest BCUT2D eigenvalue weighted by Crippen LogP contribution is 2.68. The zero-order valence-electron chi connectivity index (χ0n) is 21.4. The average Bonchev–Trinajstić information content (AvgIpc) is 3.07. The van der Waals surface area contributed by atoms with Gasteiger partial charge < -0.3 is 14.2 Å². The fraction of sp³-hybridized carbons (Fsp3) is 0.852. The van der Waals surface area contributed by atoms with E-state index in [9.17, 15) is 19.2 Å². The van der Waals surface area contributed by atoms with Gasteiger partial charge in [-0.05, 0) is 75.0 Å². The molecule has 7 nitrogen and oxygen atoms in total. The Labute approximate surface area is 202 Å². The first-order valence-corrected chi connectivity index (χ1v) is 12.9. The van der Waals surface area contributed by atoms with Crippen LogP contribution in [0.25, 0.3) is 0 Å². The van der Waals surface area contributed by atoms with Crippen molar-refractivity contribution < 1.29 is 33.4 Å². The van der Waals surface area contributed by atoms with E-state index in [2.05, 4.69) is 13.8 Å².